The highest BCUT2D eigenvalue weighted by molar-refractivity contribution is 6.31. The number of ketones is 3. The Labute approximate surface area is 244 Å². The van der Waals surface area contributed by atoms with Crippen molar-refractivity contribution in [2.75, 3.05) is 13.7 Å². The molecule has 2 aromatic rings. The lowest BCUT2D eigenvalue weighted by Crippen LogP contribution is -2.54. The number of nitrogens with one attached hydrogen (secondary N) is 1. The van der Waals surface area contributed by atoms with Crippen molar-refractivity contribution in [1.82, 2.24) is 5.48 Å². The third kappa shape index (κ3) is 5.05. The number of rotatable bonds is 7. The minimum atomic E-state index is -2.30. The van der Waals surface area contributed by atoms with E-state index in [9.17, 15) is 44.7 Å². The van der Waals surface area contributed by atoms with Crippen LogP contribution >= 0.6 is 0 Å². The number of hydrogen-bond donors (Lipinski definition) is 6. The molecule has 2 aromatic carbocycles. The van der Waals surface area contributed by atoms with E-state index in [0.29, 0.717) is 0 Å². The van der Waals surface area contributed by atoms with Crippen LogP contribution < -0.4 is 10.2 Å². The van der Waals surface area contributed by atoms with Gasteiger partial charge in [0.15, 0.2) is 17.9 Å². The van der Waals surface area contributed by atoms with Gasteiger partial charge in [0.2, 0.25) is 5.78 Å². The highest BCUT2D eigenvalue weighted by Gasteiger charge is 2.50. The molecule has 4 unspecified atom stereocenters. The van der Waals surface area contributed by atoms with Crippen LogP contribution in [0, 0.1) is 0 Å². The molecule has 0 radical (unpaired) electrons. The number of fused-ring (bicyclic) bond motifs is 3. The van der Waals surface area contributed by atoms with Gasteiger partial charge in [-0.2, -0.15) is 0 Å². The summed E-state index contributed by atoms with van der Waals surface area (Å²) < 4.78 is 17.1. The Bertz CT molecular complexity index is 1520. The maximum atomic E-state index is 13.7. The fraction of sp³-hybridized carbons (Fsp3) is 0.448. The van der Waals surface area contributed by atoms with Crippen molar-refractivity contribution in [2.24, 2.45) is 0 Å². The van der Waals surface area contributed by atoms with E-state index >= 15 is 0 Å². The first kappa shape index (κ1) is 30.5. The molecule has 6 N–H and O–H groups in total. The molecule has 0 amide bonds. The number of carbonyl (C=O) groups is 4. The molecule has 6 atom stereocenters. The average molecular weight is 602 g/mol. The maximum absolute atomic E-state index is 13.7. The van der Waals surface area contributed by atoms with Crippen LogP contribution in [0.5, 0.6) is 17.2 Å². The largest absolute Gasteiger partial charge is 0.507 e. The maximum Gasteiger partial charge on any atom is 0.321 e. The molecular weight excluding hydrogens is 570 g/mol. The number of aliphatic hydroxyl groups is 3. The molecule has 14 nitrogen and oxygen atoms in total. The number of phenols is 2. The number of carbonyl (C=O) groups excluding carboxylic acids is 4. The summed E-state index contributed by atoms with van der Waals surface area (Å²) in [6, 6.07) is 3.45. The van der Waals surface area contributed by atoms with Crippen molar-refractivity contribution >= 4 is 23.3 Å². The van der Waals surface area contributed by atoms with Crippen LogP contribution in [0.25, 0.3) is 0 Å². The van der Waals surface area contributed by atoms with E-state index in [-0.39, 0.29) is 34.4 Å². The lowest BCUT2D eigenvalue weighted by Gasteiger charge is -2.42. The van der Waals surface area contributed by atoms with Crippen molar-refractivity contribution in [3.05, 3.63) is 51.6 Å². The molecule has 0 spiro atoms. The summed E-state index contributed by atoms with van der Waals surface area (Å²) in [7, 11) is 1.31. The van der Waals surface area contributed by atoms with Crippen LogP contribution in [0.3, 0.4) is 0 Å². The van der Waals surface area contributed by atoms with Crippen LogP contribution in [0.2, 0.25) is 0 Å². The van der Waals surface area contributed by atoms with E-state index in [0.717, 1.165) is 6.92 Å². The van der Waals surface area contributed by atoms with E-state index < -0.39 is 102 Å². The van der Waals surface area contributed by atoms with Gasteiger partial charge in [-0.25, -0.2) is 0 Å². The Kier molecular flexibility index (Phi) is 8.02. The molecule has 43 heavy (non-hydrogen) atoms. The van der Waals surface area contributed by atoms with Gasteiger partial charge in [0.1, 0.15) is 29.5 Å². The molecule has 5 rings (SSSR count). The number of benzene rings is 2. The van der Waals surface area contributed by atoms with E-state index in [1.807, 2.05) is 0 Å². The highest BCUT2D eigenvalue weighted by atomic mass is 16.7. The van der Waals surface area contributed by atoms with E-state index in [1.165, 1.54) is 32.2 Å². The monoisotopic (exact) mass is 601 g/mol. The summed E-state index contributed by atoms with van der Waals surface area (Å²) in [5.74, 6) is -4.65. The molecule has 0 bridgehead atoms. The summed E-state index contributed by atoms with van der Waals surface area (Å²) in [4.78, 5) is 56.1. The minimum Gasteiger partial charge on any atom is -0.507 e. The number of aromatic hydroxyl groups is 2. The summed E-state index contributed by atoms with van der Waals surface area (Å²) >= 11 is 0. The Morgan fingerprint density at radius 1 is 1.12 bits per heavy atom. The number of hydrogen-bond acceptors (Lipinski definition) is 14. The molecule has 1 heterocycles. The van der Waals surface area contributed by atoms with Crippen LogP contribution in [-0.4, -0.2) is 92.7 Å². The third-order valence-corrected chi connectivity index (χ3v) is 8.11. The van der Waals surface area contributed by atoms with Gasteiger partial charge in [-0.15, -0.1) is 5.48 Å². The van der Waals surface area contributed by atoms with Gasteiger partial charge in [-0.3, -0.25) is 19.2 Å². The minimum absolute atomic E-state index is 0.0725. The third-order valence-electron chi connectivity index (χ3n) is 8.11. The van der Waals surface area contributed by atoms with Crippen LogP contribution in [-0.2, 0) is 30.3 Å². The lowest BCUT2D eigenvalue weighted by atomic mass is 9.72. The molecule has 1 aliphatic heterocycles. The zero-order chi connectivity index (χ0) is 31.4. The van der Waals surface area contributed by atoms with Gasteiger partial charge in [-0.05, 0) is 13.0 Å². The van der Waals surface area contributed by atoms with E-state index in [1.54, 1.807) is 0 Å². The summed E-state index contributed by atoms with van der Waals surface area (Å²) in [6.45, 7) is 1.63. The fourth-order valence-electron chi connectivity index (χ4n) is 5.99. The average Bonchev–Trinajstić information content (AvgIpc) is 2.97. The smallest absolute Gasteiger partial charge is 0.321 e. The number of ether oxygens (including phenoxy) is 3. The summed E-state index contributed by atoms with van der Waals surface area (Å²) in [5.41, 5.74) is -1.48. The first-order valence-corrected chi connectivity index (χ1v) is 13.5. The first-order valence-electron chi connectivity index (χ1n) is 13.5. The van der Waals surface area contributed by atoms with Crippen molar-refractivity contribution in [3.63, 3.8) is 0 Å². The lowest BCUT2D eigenvalue weighted by molar-refractivity contribution is -0.256. The standard InChI is InChI=1S/C29H31NO13/c1-11-24(34)15(30-43-12(2)32)7-19(41-11)42-17-9-29(39,18(33)10-31)8-14-21(17)28(38)23-22(26(14)36)25(35)13-5-4-6-16(40-3)20(13)27(23)37/h4-6,11,15,17,19,24,30-31,34,36,38-39H,7-10H2,1-3H3/t11?,15?,17-,19?,24?,29-/m0/s1. The second kappa shape index (κ2) is 11.3. The van der Waals surface area contributed by atoms with Crippen LogP contribution in [0.15, 0.2) is 18.2 Å². The van der Waals surface area contributed by atoms with E-state index in [4.69, 9.17) is 19.0 Å². The van der Waals surface area contributed by atoms with Gasteiger partial charge in [0.25, 0.3) is 0 Å². The number of Topliss-reactive ketones (excluding diaryl/α,β-unsaturated/α-hetero) is 1. The van der Waals surface area contributed by atoms with Crippen LogP contribution in [0.4, 0.5) is 0 Å². The normalized spacial score (nSPS) is 28.0. The molecule has 1 fully saturated rings. The van der Waals surface area contributed by atoms with Crippen molar-refractivity contribution in [3.8, 4) is 17.2 Å². The topological polar surface area (TPSA) is 218 Å². The molecule has 230 valence electrons. The van der Waals surface area contributed by atoms with Gasteiger partial charge in [0.05, 0.1) is 48.2 Å². The highest BCUT2D eigenvalue weighted by Crippen LogP contribution is 2.52. The number of phenolic OH excluding ortho intramolecular Hbond substituents is 2. The zero-order valence-corrected chi connectivity index (χ0v) is 23.4. The summed E-state index contributed by atoms with van der Waals surface area (Å²) in [5, 5.41) is 54.4. The zero-order valence-electron chi connectivity index (χ0n) is 23.4. The number of methoxy groups -OCH3 is 1. The van der Waals surface area contributed by atoms with Crippen LogP contribution in [0.1, 0.15) is 75.8 Å². The molecule has 1 saturated heterocycles. The fourth-order valence-corrected chi connectivity index (χ4v) is 5.99. The van der Waals surface area contributed by atoms with Gasteiger partial charge in [-0.1, -0.05) is 12.1 Å². The Hall–Kier alpha value is -3.92. The van der Waals surface area contributed by atoms with Gasteiger partial charge >= 0.3 is 5.97 Å². The van der Waals surface area contributed by atoms with Crippen molar-refractivity contribution in [2.45, 2.75) is 69.4 Å². The predicted octanol–water partition coefficient (Wildman–Crippen LogP) is 0.110. The molecule has 2 aliphatic carbocycles. The second-order valence-corrected chi connectivity index (χ2v) is 10.8. The Morgan fingerprint density at radius 3 is 2.47 bits per heavy atom. The Morgan fingerprint density at radius 2 is 1.81 bits per heavy atom. The Balaban J connectivity index is 1.62. The SMILES string of the molecule is COc1cccc2c1C(=O)c1c(O)c3c(c(O)c1C2=O)C[C@@](O)(C(=O)CO)C[C@@H]3OC1CC(NOC(C)=O)C(O)C(C)O1. The summed E-state index contributed by atoms with van der Waals surface area (Å²) in [6.07, 6.45) is -5.87. The van der Waals surface area contributed by atoms with Gasteiger partial charge in [0, 0.05) is 42.9 Å². The predicted molar refractivity (Wildman–Crippen MR) is 142 cm³/mol. The number of aliphatic hydroxyl groups excluding tert-OH is 2. The molecule has 14 heteroatoms. The second-order valence-electron chi connectivity index (χ2n) is 10.8. The van der Waals surface area contributed by atoms with Gasteiger partial charge < -0.3 is 44.6 Å². The number of hydroxylamine groups is 1. The quantitative estimate of drug-likeness (QED) is 0.156. The molecule has 3 aliphatic rings. The molecular formula is C29H31NO13. The van der Waals surface area contributed by atoms with Crippen molar-refractivity contribution in [1.29, 1.82) is 0 Å². The first-order chi connectivity index (χ1) is 20.3. The molecule has 0 aromatic heterocycles. The van der Waals surface area contributed by atoms with Crippen molar-refractivity contribution < 1.29 is 63.8 Å². The van der Waals surface area contributed by atoms with E-state index in [2.05, 4.69) is 5.48 Å². The molecule has 0 saturated carbocycles.